The number of carbonyl (C=O) groups excluding carboxylic acids is 2. The van der Waals surface area contributed by atoms with Gasteiger partial charge in [-0.05, 0) is 11.6 Å². The number of carbonyl (C=O) groups is 2. The van der Waals surface area contributed by atoms with Crippen molar-refractivity contribution in [3.05, 3.63) is 46.8 Å². The Morgan fingerprint density at radius 2 is 2.00 bits per heavy atom. The van der Waals surface area contributed by atoms with E-state index in [1.807, 2.05) is 30.3 Å². The molecule has 20 heavy (non-hydrogen) atoms. The number of benzene rings is 1. The van der Waals surface area contributed by atoms with Gasteiger partial charge in [0.25, 0.3) is 0 Å². The van der Waals surface area contributed by atoms with Crippen molar-refractivity contribution >= 4 is 34.2 Å². The largest absolute Gasteiger partial charge is 0.492 e. The fourth-order valence-corrected chi connectivity index (χ4v) is 2.31. The SMILES string of the molecule is CC(=O)Nc1nc(O)c(C(=O)C=Cc2ccccc2)s1. The van der Waals surface area contributed by atoms with Gasteiger partial charge in [-0.15, -0.1) is 0 Å². The van der Waals surface area contributed by atoms with E-state index in [1.165, 1.54) is 13.0 Å². The zero-order chi connectivity index (χ0) is 14.5. The molecule has 0 bridgehead atoms. The molecule has 2 aromatic rings. The Labute approximate surface area is 119 Å². The molecule has 6 heteroatoms. The van der Waals surface area contributed by atoms with Crippen LogP contribution in [0.2, 0.25) is 0 Å². The van der Waals surface area contributed by atoms with Crippen LogP contribution in [0.25, 0.3) is 6.08 Å². The maximum atomic E-state index is 11.9. The number of aromatic nitrogens is 1. The molecule has 0 saturated carbocycles. The third kappa shape index (κ3) is 3.52. The topological polar surface area (TPSA) is 79.3 Å². The van der Waals surface area contributed by atoms with Gasteiger partial charge in [0.1, 0.15) is 4.88 Å². The molecule has 0 atom stereocenters. The molecule has 1 aromatic heterocycles. The summed E-state index contributed by atoms with van der Waals surface area (Å²) in [7, 11) is 0. The highest BCUT2D eigenvalue weighted by Crippen LogP contribution is 2.28. The fourth-order valence-electron chi connectivity index (χ4n) is 1.49. The number of amides is 1. The van der Waals surface area contributed by atoms with Gasteiger partial charge in [0.15, 0.2) is 5.13 Å². The zero-order valence-electron chi connectivity index (χ0n) is 10.7. The van der Waals surface area contributed by atoms with Crippen molar-refractivity contribution in [2.45, 2.75) is 6.92 Å². The van der Waals surface area contributed by atoms with E-state index < -0.39 is 0 Å². The van der Waals surface area contributed by atoms with Crippen molar-refractivity contribution in [1.29, 1.82) is 0 Å². The second-order valence-corrected chi connectivity index (χ2v) is 4.96. The fraction of sp³-hybridized carbons (Fsp3) is 0.0714. The molecule has 5 nitrogen and oxygen atoms in total. The van der Waals surface area contributed by atoms with Gasteiger partial charge in [0.2, 0.25) is 17.6 Å². The highest BCUT2D eigenvalue weighted by Gasteiger charge is 2.16. The first-order chi connectivity index (χ1) is 9.56. The molecule has 2 N–H and O–H groups in total. The van der Waals surface area contributed by atoms with Crippen molar-refractivity contribution in [3.8, 4) is 5.88 Å². The molecule has 0 aliphatic heterocycles. The van der Waals surface area contributed by atoms with Crippen LogP contribution in [0.1, 0.15) is 22.2 Å². The van der Waals surface area contributed by atoms with E-state index in [1.54, 1.807) is 6.08 Å². The van der Waals surface area contributed by atoms with Crippen LogP contribution in [0, 0.1) is 0 Å². The predicted molar refractivity (Wildman–Crippen MR) is 77.9 cm³/mol. The highest BCUT2D eigenvalue weighted by molar-refractivity contribution is 7.18. The molecule has 0 radical (unpaired) electrons. The molecule has 0 saturated heterocycles. The predicted octanol–water partition coefficient (Wildman–Crippen LogP) is 2.70. The molecule has 102 valence electrons. The van der Waals surface area contributed by atoms with Crippen LogP contribution in [-0.4, -0.2) is 21.8 Å². The van der Waals surface area contributed by atoms with E-state index in [0.717, 1.165) is 16.9 Å². The molecule has 0 spiro atoms. The first-order valence-corrected chi connectivity index (χ1v) is 6.63. The van der Waals surface area contributed by atoms with E-state index in [0.29, 0.717) is 0 Å². The summed E-state index contributed by atoms with van der Waals surface area (Å²) < 4.78 is 0. The van der Waals surface area contributed by atoms with Crippen molar-refractivity contribution in [2.75, 3.05) is 5.32 Å². The van der Waals surface area contributed by atoms with Crippen LogP contribution in [0.15, 0.2) is 36.4 Å². The monoisotopic (exact) mass is 288 g/mol. The smallest absolute Gasteiger partial charge is 0.235 e. The number of hydrogen-bond donors (Lipinski definition) is 2. The maximum Gasteiger partial charge on any atom is 0.235 e. The molecule has 2 rings (SSSR count). The van der Waals surface area contributed by atoms with E-state index in [2.05, 4.69) is 10.3 Å². The number of hydrogen-bond acceptors (Lipinski definition) is 5. The first kappa shape index (κ1) is 14.0. The summed E-state index contributed by atoms with van der Waals surface area (Å²) in [5.74, 6) is -1.04. The normalized spacial score (nSPS) is 10.7. The highest BCUT2D eigenvalue weighted by atomic mass is 32.1. The molecule has 1 heterocycles. The molecule has 1 amide bonds. The molecule has 0 aliphatic carbocycles. The summed E-state index contributed by atoms with van der Waals surface area (Å²) >= 11 is 0.937. The van der Waals surface area contributed by atoms with Crippen molar-refractivity contribution in [1.82, 2.24) is 4.98 Å². The Kier molecular flexibility index (Phi) is 4.27. The summed E-state index contributed by atoms with van der Waals surface area (Å²) in [6.45, 7) is 1.33. The van der Waals surface area contributed by atoms with Gasteiger partial charge in [0, 0.05) is 6.92 Å². The first-order valence-electron chi connectivity index (χ1n) is 5.81. The van der Waals surface area contributed by atoms with Gasteiger partial charge in [-0.3, -0.25) is 9.59 Å². The number of nitrogens with zero attached hydrogens (tertiary/aromatic N) is 1. The van der Waals surface area contributed by atoms with Gasteiger partial charge in [0.05, 0.1) is 0 Å². The Bertz CT molecular complexity index is 662. The van der Waals surface area contributed by atoms with Crippen LogP contribution in [0.5, 0.6) is 5.88 Å². The van der Waals surface area contributed by atoms with Gasteiger partial charge >= 0.3 is 0 Å². The van der Waals surface area contributed by atoms with Crippen LogP contribution in [0.4, 0.5) is 5.13 Å². The summed E-state index contributed by atoms with van der Waals surface area (Å²) in [5.41, 5.74) is 0.881. The van der Waals surface area contributed by atoms with Gasteiger partial charge in [-0.2, -0.15) is 4.98 Å². The average Bonchev–Trinajstić information content (AvgIpc) is 2.77. The average molecular weight is 288 g/mol. The van der Waals surface area contributed by atoms with Crippen molar-refractivity contribution in [2.24, 2.45) is 0 Å². The third-order valence-electron chi connectivity index (χ3n) is 2.34. The molecule has 1 aromatic carbocycles. The molecule has 0 fully saturated rings. The Hall–Kier alpha value is -2.47. The molecular weight excluding hydrogens is 276 g/mol. The lowest BCUT2D eigenvalue weighted by Gasteiger charge is -1.92. The number of thiazole rings is 1. The lowest BCUT2D eigenvalue weighted by Crippen LogP contribution is -2.04. The Morgan fingerprint density at radius 3 is 2.65 bits per heavy atom. The van der Waals surface area contributed by atoms with E-state index >= 15 is 0 Å². The number of allylic oxidation sites excluding steroid dienone is 1. The van der Waals surface area contributed by atoms with Crippen LogP contribution >= 0.6 is 11.3 Å². The van der Waals surface area contributed by atoms with E-state index in [4.69, 9.17) is 0 Å². The van der Waals surface area contributed by atoms with Crippen molar-refractivity contribution < 1.29 is 14.7 Å². The lowest BCUT2D eigenvalue weighted by molar-refractivity contribution is -0.114. The second kappa shape index (κ2) is 6.12. The summed E-state index contributed by atoms with van der Waals surface area (Å²) in [6.07, 6.45) is 3.01. The number of nitrogens with one attached hydrogen (secondary N) is 1. The summed E-state index contributed by atoms with van der Waals surface area (Å²) in [5, 5.41) is 12.2. The Morgan fingerprint density at radius 1 is 1.30 bits per heavy atom. The van der Waals surface area contributed by atoms with E-state index in [9.17, 15) is 14.7 Å². The minimum absolute atomic E-state index is 0.0981. The molecule has 0 aliphatic rings. The van der Waals surface area contributed by atoms with Gasteiger partial charge in [-0.25, -0.2) is 0 Å². The number of anilines is 1. The third-order valence-corrected chi connectivity index (χ3v) is 3.32. The van der Waals surface area contributed by atoms with Crippen LogP contribution in [-0.2, 0) is 4.79 Å². The molecular formula is C14H12N2O3S. The van der Waals surface area contributed by atoms with E-state index in [-0.39, 0.29) is 27.6 Å². The van der Waals surface area contributed by atoms with Gasteiger partial charge in [-0.1, -0.05) is 47.7 Å². The number of ketones is 1. The second-order valence-electron chi connectivity index (χ2n) is 3.96. The molecule has 0 unspecified atom stereocenters. The zero-order valence-corrected chi connectivity index (χ0v) is 11.5. The summed E-state index contributed by atoms with van der Waals surface area (Å²) in [4.78, 5) is 26.7. The lowest BCUT2D eigenvalue weighted by atomic mass is 10.2. The Balaban J connectivity index is 2.15. The minimum atomic E-state index is -0.374. The minimum Gasteiger partial charge on any atom is -0.492 e. The maximum absolute atomic E-state index is 11.9. The van der Waals surface area contributed by atoms with Gasteiger partial charge < -0.3 is 10.4 Å². The van der Waals surface area contributed by atoms with Crippen molar-refractivity contribution in [3.63, 3.8) is 0 Å². The van der Waals surface area contributed by atoms with Crippen LogP contribution < -0.4 is 5.32 Å². The standard InChI is InChI=1S/C14H12N2O3S/c1-9(17)15-14-16-13(19)12(20-14)11(18)8-7-10-5-3-2-4-6-10/h2-8,19H,1H3,(H,15,16,17). The quantitative estimate of drug-likeness (QED) is 0.669. The van der Waals surface area contributed by atoms with Crippen LogP contribution in [0.3, 0.4) is 0 Å². The summed E-state index contributed by atoms with van der Waals surface area (Å²) in [6, 6.07) is 9.33. The number of rotatable bonds is 4. The number of aromatic hydroxyl groups is 1.